The van der Waals surface area contributed by atoms with Gasteiger partial charge in [-0.25, -0.2) is 4.98 Å². The molecule has 2 aromatic heterocycles. The Balaban J connectivity index is 1.89. The van der Waals surface area contributed by atoms with Crippen molar-refractivity contribution < 1.29 is 24.2 Å². The number of H-pyrrole nitrogens is 1. The van der Waals surface area contributed by atoms with Crippen molar-refractivity contribution in [2.75, 3.05) is 19.1 Å². The molecule has 1 amide bonds. The Labute approximate surface area is 184 Å². The standard InChI is InChI=1S/C23H24N4O5/c1-23(2,3)20(29)17-18(12-8-6-7-9-24-12)27(21(30)19(17)28)22-25-13-10-15(31-4)16(32-5)11-14(13)26-22/h6-11,18,28H,1-5H3,(H,25,26). The third kappa shape index (κ3) is 3.35. The maximum Gasteiger partial charge on any atom is 0.296 e. The first-order valence-electron chi connectivity index (χ1n) is 10.0. The van der Waals surface area contributed by atoms with Crippen LogP contribution >= 0.6 is 0 Å². The highest BCUT2D eigenvalue weighted by molar-refractivity contribution is 6.17. The first-order valence-corrected chi connectivity index (χ1v) is 10.0. The second-order valence-electron chi connectivity index (χ2n) is 8.46. The lowest BCUT2D eigenvalue weighted by molar-refractivity contribution is -0.123. The summed E-state index contributed by atoms with van der Waals surface area (Å²) in [6, 6.07) is 7.65. The minimum atomic E-state index is -0.931. The highest BCUT2D eigenvalue weighted by Gasteiger charge is 2.48. The first kappa shape index (κ1) is 21.4. The molecule has 1 unspecified atom stereocenters. The largest absolute Gasteiger partial charge is 0.503 e. The fraction of sp³-hybridized carbons (Fsp3) is 0.304. The molecule has 1 atom stereocenters. The lowest BCUT2D eigenvalue weighted by atomic mass is 9.83. The number of nitrogens with one attached hydrogen (secondary N) is 1. The number of carbonyl (C=O) groups is 2. The summed E-state index contributed by atoms with van der Waals surface area (Å²) >= 11 is 0. The molecule has 4 rings (SSSR count). The van der Waals surface area contributed by atoms with E-state index in [-0.39, 0.29) is 17.3 Å². The van der Waals surface area contributed by atoms with Crippen molar-refractivity contribution in [3.8, 4) is 11.5 Å². The van der Waals surface area contributed by atoms with Crippen LogP contribution in [0.25, 0.3) is 11.0 Å². The maximum absolute atomic E-state index is 13.2. The number of Topliss-reactive ketones (excluding diaryl/α,β-unsaturated/α-hetero) is 1. The van der Waals surface area contributed by atoms with Gasteiger partial charge in [-0.2, -0.15) is 0 Å². The van der Waals surface area contributed by atoms with Crippen LogP contribution in [0.15, 0.2) is 47.9 Å². The topological polar surface area (TPSA) is 118 Å². The van der Waals surface area contributed by atoms with Gasteiger partial charge in [0.15, 0.2) is 23.0 Å². The van der Waals surface area contributed by atoms with Crippen LogP contribution in [0.4, 0.5) is 5.95 Å². The predicted octanol–water partition coefficient (Wildman–Crippen LogP) is 3.49. The number of rotatable bonds is 5. The molecule has 0 spiro atoms. The van der Waals surface area contributed by atoms with Crippen LogP contribution < -0.4 is 14.4 Å². The van der Waals surface area contributed by atoms with Crippen LogP contribution in [0.2, 0.25) is 0 Å². The maximum atomic E-state index is 13.2. The van der Waals surface area contributed by atoms with E-state index in [1.807, 2.05) is 0 Å². The van der Waals surface area contributed by atoms with E-state index in [2.05, 4.69) is 15.0 Å². The molecule has 0 saturated carbocycles. The Hall–Kier alpha value is -3.88. The smallest absolute Gasteiger partial charge is 0.296 e. The number of aliphatic hydroxyl groups excluding tert-OH is 1. The van der Waals surface area contributed by atoms with E-state index in [9.17, 15) is 14.7 Å². The summed E-state index contributed by atoms with van der Waals surface area (Å²) in [4.78, 5) is 39.7. The Morgan fingerprint density at radius 2 is 1.84 bits per heavy atom. The fourth-order valence-corrected chi connectivity index (χ4v) is 3.71. The monoisotopic (exact) mass is 436 g/mol. The molecule has 32 heavy (non-hydrogen) atoms. The average molecular weight is 436 g/mol. The molecule has 1 aliphatic heterocycles. The van der Waals surface area contributed by atoms with Gasteiger partial charge in [-0.05, 0) is 12.1 Å². The zero-order valence-corrected chi connectivity index (χ0v) is 18.5. The minimum absolute atomic E-state index is 0.00295. The molecular formula is C23H24N4O5. The number of nitrogens with zero attached hydrogens (tertiary/aromatic N) is 3. The Morgan fingerprint density at radius 1 is 1.16 bits per heavy atom. The van der Waals surface area contributed by atoms with E-state index in [1.165, 1.54) is 19.1 Å². The van der Waals surface area contributed by atoms with Crippen molar-refractivity contribution in [2.45, 2.75) is 26.8 Å². The van der Waals surface area contributed by atoms with E-state index < -0.39 is 23.1 Å². The van der Waals surface area contributed by atoms with Gasteiger partial charge in [0.05, 0.1) is 36.5 Å². The third-order valence-electron chi connectivity index (χ3n) is 5.30. The molecule has 3 aromatic rings. The average Bonchev–Trinajstić information content (AvgIpc) is 3.29. The van der Waals surface area contributed by atoms with E-state index in [0.29, 0.717) is 28.2 Å². The molecule has 0 saturated heterocycles. The van der Waals surface area contributed by atoms with Crippen molar-refractivity contribution in [1.29, 1.82) is 0 Å². The van der Waals surface area contributed by atoms with Crippen LogP contribution in [-0.2, 0) is 9.59 Å². The number of aromatic amines is 1. The van der Waals surface area contributed by atoms with Gasteiger partial charge in [0.1, 0.15) is 6.04 Å². The number of amides is 1. The highest BCUT2D eigenvalue weighted by atomic mass is 16.5. The number of hydrogen-bond acceptors (Lipinski definition) is 7. The van der Waals surface area contributed by atoms with Crippen LogP contribution in [0, 0.1) is 5.41 Å². The minimum Gasteiger partial charge on any atom is -0.503 e. The summed E-state index contributed by atoms with van der Waals surface area (Å²) in [6.07, 6.45) is 1.57. The van der Waals surface area contributed by atoms with Crippen LogP contribution in [0.1, 0.15) is 32.5 Å². The zero-order chi connectivity index (χ0) is 23.2. The van der Waals surface area contributed by atoms with Gasteiger partial charge >= 0.3 is 0 Å². The summed E-state index contributed by atoms with van der Waals surface area (Å²) < 4.78 is 10.7. The molecule has 2 N–H and O–H groups in total. The van der Waals surface area contributed by atoms with Crippen molar-refractivity contribution in [3.63, 3.8) is 0 Å². The zero-order valence-electron chi connectivity index (χ0n) is 18.5. The van der Waals surface area contributed by atoms with Gasteiger partial charge in [-0.3, -0.25) is 19.5 Å². The second kappa shape index (κ2) is 7.67. The van der Waals surface area contributed by atoms with Gasteiger partial charge in [0.25, 0.3) is 5.91 Å². The summed E-state index contributed by atoms with van der Waals surface area (Å²) in [5.74, 6) is -0.534. The number of pyridine rings is 1. The quantitative estimate of drug-likeness (QED) is 0.629. The van der Waals surface area contributed by atoms with Gasteiger partial charge in [0.2, 0.25) is 5.95 Å². The van der Waals surface area contributed by atoms with Crippen molar-refractivity contribution in [2.24, 2.45) is 5.41 Å². The molecule has 9 heteroatoms. The number of ketones is 1. The van der Waals surface area contributed by atoms with Gasteiger partial charge in [-0.15, -0.1) is 0 Å². The number of methoxy groups -OCH3 is 2. The Morgan fingerprint density at radius 3 is 2.44 bits per heavy atom. The van der Waals surface area contributed by atoms with E-state index in [1.54, 1.807) is 57.3 Å². The van der Waals surface area contributed by atoms with E-state index in [4.69, 9.17) is 9.47 Å². The van der Waals surface area contributed by atoms with Crippen molar-refractivity contribution in [1.82, 2.24) is 15.0 Å². The molecular weight excluding hydrogens is 412 g/mol. The number of anilines is 1. The molecule has 0 bridgehead atoms. The molecule has 3 heterocycles. The number of fused-ring (bicyclic) bond motifs is 1. The molecule has 1 aromatic carbocycles. The number of imidazole rings is 1. The van der Waals surface area contributed by atoms with Gasteiger partial charge in [-0.1, -0.05) is 26.8 Å². The predicted molar refractivity (Wildman–Crippen MR) is 118 cm³/mol. The lowest BCUT2D eigenvalue weighted by Crippen LogP contribution is -2.34. The Kier molecular flexibility index (Phi) is 5.12. The molecule has 1 aliphatic rings. The normalized spacial score (nSPS) is 16.7. The number of ether oxygens (including phenoxy) is 2. The van der Waals surface area contributed by atoms with Gasteiger partial charge in [0, 0.05) is 23.7 Å². The van der Waals surface area contributed by atoms with Crippen LogP contribution in [-0.4, -0.2) is 46.0 Å². The highest BCUT2D eigenvalue weighted by Crippen LogP contribution is 2.42. The van der Waals surface area contributed by atoms with Crippen LogP contribution in [0.5, 0.6) is 11.5 Å². The molecule has 166 valence electrons. The fourth-order valence-electron chi connectivity index (χ4n) is 3.71. The van der Waals surface area contributed by atoms with Crippen molar-refractivity contribution in [3.05, 3.63) is 53.6 Å². The number of hydrogen-bond donors (Lipinski definition) is 2. The lowest BCUT2D eigenvalue weighted by Gasteiger charge is -2.26. The number of aromatic nitrogens is 3. The Bertz CT molecular complexity index is 1200. The third-order valence-corrected chi connectivity index (χ3v) is 5.30. The summed E-state index contributed by atoms with van der Waals surface area (Å²) in [5, 5.41) is 10.8. The number of aliphatic hydroxyl groups is 1. The summed E-state index contributed by atoms with van der Waals surface area (Å²) in [7, 11) is 3.04. The second-order valence-corrected chi connectivity index (χ2v) is 8.46. The summed E-state index contributed by atoms with van der Waals surface area (Å²) in [6.45, 7) is 5.20. The molecule has 0 aliphatic carbocycles. The molecule has 9 nitrogen and oxygen atoms in total. The number of carbonyl (C=O) groups excluding carboxylic acids is 2. The van der Waals surface area contributed by atoms with Crippen molar-refractivity contribution >= 4 is 28.7 Å². The first-order chi connectivity index (χ1) is 15.2. The van der Waals surface area contributed by atoms with E-state index in [0.717, 1.165) is 0 Å². The summed E-state index contributed by atoms with van der Waals surface area (Å²) in [5.41, 5.74) is 0.742. The molecule has 0 radical (unpaired) electrons. The van der Waals surface area contributed by atoms with Crippen LogP contribution in [0.3, 0.4) is 0 Å². The molecule has 0 fully saturated rings. The van der Waals surface area contributed by atoms with E-state index >= 15 is 0 Å². The number of benzene rings is 1. The SMILES string of the molecule is COc1cc2nc(N3C(=O)C(O)=C(C(=O)C(C)(C)C)C3c3ccccn3)[nH]c2cc1OC. The van der Waals surface area contributed by atoms with Gasteiger partial charge < -0.3 is 19.6 Å².